The van der Waals surface area contributed by atoms with Crippen molar-refractivity contribution in [3.8, 4) is 0 Å². The third-order valence-corrected chi connectivity index (χ3v) is 6.98. The number of nitrogens with zero attached hydrogens (tertiary/aromatic N) is 3. The first-order valence-corrected chi connectivity index (χ1v) is 12.0. The van der Waals surface area contributed by atoms with Gasteiger partial charge in [-0.25, -0.2) is 4.98 Å². The summed E-state index contributed by atoms with van der Waals surface area (Å²) in [5, 5.41) is 8.77. The summed E-state index contributed by atoms with van der Waals surface area (Å²) in [6, 6.07) is 17.5. The summed E-state index contributed by atoms with van der Waals surface area (Å²) in [6.07, 6.45) is 3.45. The lowest BCUT2D eigenvalue weighted by Gasteiger charge is -2.33. The standard InChI is InChI=1S/C26H31N5S/c1-18-16-25(31-14-12-30(2)13-15-31)28-24-11-10-20(17-22(18)24)27-26(32)29-23-9-5-7-19-6-3-4-8-21(19)23/h3-4,6,8,10-11,16-17,23H,5,7,9,12-15H2,1-2H3,(H2,27,29,32). The Balaban J connectivity index is 1.30. The molecular formula is C26H31N5S. The lowest BCUT2D eigenvalue weighted by Crippen LogP contribution is -2.44. The smallest absolute Gasteiger partial charge is 0.171 e. The molecule has 1 atom stereocenters. The summed E-state index contributed by atoms with van der Waals surface area (Å²) in [5.41, 5.74) is 6.08. The van der Waals surface area contributed by atoms with E-state index < -0.39 is 0 Å². The molecule has 5 nitrogen and oxygen atoms in total. The number of thiocarbonyl (C=S) groups is 1. The van der Waals surface area contributed by atoms with Crippen LogP contribution in [0.25, 0.3) is 10.9 Å². The van der Waals surface area contributed by atoms with Crippen molar-refractivity contribution in [2.24, 2.45) is 0 Å². The topological polar surface area (TPSA) is 43.4 Å². The number of piperazine rings is 1. The zero-order chi connectivity index (χ0) is 22.1. The van der Waals surface area contributed by atoms with E-state index in [0.717, 1.165) is 56.0 Å². The van der Waals surface area contributed by atoms with Crippen LogP contribution in [0.2, 0.25) is 0 Å². The van der Waals surface area contributed by atoms with E-state index >= 15 is 0 Å². The number of benzene rings is 2. The highest BCUT2D eigenvalue weighted by Crippen LogP contribution is 2.30. The van der Waals surface area contributed by atoms with Gasteiger partial charge in [0.1, 0.15) is 5.82 Å². The molecule has 0 spiro atoms. The van der Waals surface area contributed by atoms with Gasteiger partial charge in [0.05, 0.1) is 11.6 Å². The number of nitrogens with one attached hydrogen (secondary N) is 2. The largest absolute Gasteiger partial charge is 0.356 e. The number of hydrogen-bond donors (Lipinski definition) is 2. The summed E-state index contributed by atoms with van der Waals surface area (Å²) >= 11 is 5.67. The lowest BCUT2D eigenvalue weighted by molar-refractivity contribution is 0.312. The Morgan fingerprint density at radius 3 is 2.72 bits per heavy atom. The van der Waals surface area contributed by atoms with Gasteiger partial charge in [-0.3, -0.25) is 0 Å². The van der Waals surface area contributed by atoms with E-state index in [9.17, 15) is 0 Å². The van der Waals surface area contributed by atoms with Crippen LogP contribution in [0, 0.1) is 6.92 Å². The summed E-state index contributed by atoms with van der Waals surface area (Å²) in [5.74, 6) is 1.08. The molecule has 1 fully saturated rings. The van der Waals surface area contributed by atoms with Crippen LogP contribution in [0.1, 0.15) is 35.6 Å². The van der Waals surface area contributed by atoms with Crippen molar-refractivity contribution in [1.29, 1.82) is 0 Å². The molecule has 0 radical (unpaired) electrons. The van der Waals surface area contributed by atoms with E-state index in [-0.39, 0.29) is 6.04 Å². The minimum atomic E-state index is 0.273. The van der Waals surface area contributed by atoms with E-state index in [1.807, 2.05) is 0 Å². The summed E-state index contributed by atoms with van der Waals surface area (Å²) in [6.45, 7) is 6.38. The van der Waals surface area contributed by atoms with Gasteiger partial charge >= 0.3 is 0 Å². The first-order chi connectivity index (χ1) is 15.6. The molecule has 1 unspecified atom stereocenters. The van der Waals surface area contributed by atoms with Crippen LogP contribution < -0.4 is 15.5 Å². The molecule has 0 saturated carbocycles. The number of likely N-dealkylation sites (N-methyl/N-ethyl adjacent to an activating group) is 1. The van der Waals surface area contributed by atoms with Crippen LogP contribution in [-0.2, 0) is 6.42 Å². The van der Waals surface area contributed by atoms with Crippen LogP contribution in [0.3, 0.4) is 0 Å². The number of aromatic nitrogens is 1. The highest BCUT2D eigenvalue weighted by atomic mass is 32.1. The fourth-order valence-corrected chi connectivity index (χ4v) is 5.14. The number of anilines is 2. The molecule has 5 rings (SSSR count). The van der Waals surface area contributed by atoms with Gasteiger partial charge in [0.15, 0.2) is 5.11 Å². The van der Waals surface area contributed by atoms with Crippen molar-refractivity contribution >= 4 is 39.7 Å². The lowest BCUT2D eigenvalue weighted by atomic mass is 9.88. The average molecular weight is 446 g/mol. The number of fused-ring (bicyclic) bond motifs is 2. The fraction of sp³-hybridized carbons (Fsp3) is 0.385. The summed E-state index contributed by atoms with van der Waals surface area (Å²) in [7, 11) is 2.18. The second-order valence-corrected chi connectivity index (χ2v) is 9.47. The van der Waals surface area contributed by atoms with E-state index in [2.05, 4.69) is 82.9 Å². The third kappa shape index (κ3) is 4.43. The van der Waals surface area contributed by atoms with Crippen LogP contribution >= 0.6 is 12.2 Å². The number of pyridine rings is 1. The molecule has 1 aliphatic carbocycles. The van der Waals surface area contributed by atoms with Crippen LogP contribution in [0.4, 0.5) is 11.5 Å². The predicted octanol–water partition coefficient (Wildman–Crippen LogP) is 4.66. The zero-order valence-electron chi connectivity index (χ0n) is 18.9. The SMILES string of the molecule is Cc1cc(N2CCN(C)CC2)nc2ccc(NC(=S)NC3CCCc4ccccc43)cc12. The molecular weight excluding hydrogens is 414 g/mol. The van der Waals surface area contributed by atoms with Crippen molar-refractivity contribution in [3.63, 3.8) is 0 Å². The molecule has 2 aliphatic rings. The van der Waals surface area contributed by atoms with Crippen LogP contribution in [0.5, 0.6) is 0 Å². The molecule has 1 aliphatic heterocycles. The second kappa shape index (κ2) is 9.04. The average Bonchev–Trinajstić information content (AvgIpc) is 2.80. The molecule has 2 N–H and O–H groups in total. The second-order valence-electron chi connectivity index (χ2n) is 9.06. The first kappa shape index (κ1) is 21.2. The molecule has 2 heterocycles. The molecule has 0 amide bonds. The Labute approximate surface area is 195 Å². The van der Waals surface area contributed by atoms with Gasteiger partial charge in [-0.15, -0.1) is 0 Å². The Bertz CT molecular complexity index is 1140. The Morgan fingerprint density at radius 2 is 1.88 bits per heavy atom. The highest BCUT2D eigenvalue weighted by molar-refractivity contribution is 7.80. The van der Waals surface area contributed by atoms with Crippen LogP contribution in [0.15, 0.2) is 48.5 Å². The minimum Gasteiger partial charge on any atom is -0.356 e. The Hall–Kier alpha value is -2.70. The fourth-order valence-electron chi connectivity index (χ4n) is 4.88. The number of hydrogen-bond acceptors (Lipinski definition) is 4. The number of aryl methyl sites for hydroxylation is 2. The van der Waals surface area contributed by atoms with E-state index in [4.69, 9.17) is 17.2 Å². The molecule has 3 aromatic rings. The van der Waals surface area contributed by atoms with Gasteiger partial charge in [0, 0.05) is 37.3 Å². The molecule has 6 heteroatoms. The normalized spacial score (nSPS) is 18.9. The Kier molecular flexibility index (Phi) is 5.98. The molecule has 166 valence electrons. The maximum atomic E-state index is 5.67. The van der Waals surface area contributed by atoms with Gasteiger partial charge in [0.2, 0.25) is 0 Å². The number of rotatable bonds is 3. The quantitative estimate of drug-likeness (QED) is 0.572. The Morgan fingerprint density at radius 1 is 1.06 bits per heavy atom. The zero-order valence-corrected chi connectivity index (χ0v) is 19.7. The van der Waals surface area contributed by atoms with E-state index in [0.29, 0.717) is 5.11 Å². The maximum Gasteiger partial charge on any atom is 0.171 e. The molecule has 1 aromatic heterocycles. The van der Waals surface area contributed by atoms with Crippen molar-refractivity contribution in [3.05, 3.63) is 65.2 Å². The van der Waals surface area contributed by atoms with E-state index in [1.165, 1.54) is 28.5 Å². The first-order valence-electron chi connectivity index (χ1n) is 11.6. The molecule has 1 saturated heterocycles. The van der Waals surface area contributed by atoms with Gasteiger partial charge in [0.25, 0.3) is 0 Å². The van der Waals surface area contributed by atoms with E-state index in [1.54, 1.807) is 0 Å². The van der Waals surface area contributed by atoms with Gasteiger partial charge < -0.3 is 20.4 Å². The predicted molar refractivity (Wildman–Crippen MR) is 138 cm³/mol. The monoisotopic (exact) mass is 445 g/mol. The highest BCUT2D eigenvalue weighted by Gasteiger charge is 2.20. The van der Waals surface area contributed by atoms with Crippen molar-refractivity contribution < 1.29 is 0 Å². The van der Waals surface area contributed by atoms with Crippen molar-refractivity contribution in [1.82, 2.24) is 15.2 Å². The summed E-state index contributed by atoms with van der Waals surface area (Å²) in [4.78, 5) is 9.71. The van der Waals surface area contributed by atoms with Crippen molar-refractivity contribution in [2.45, 2.75) is 32.2 Å². The maximum absolute atomic E-state index is 5.67. The van der Waals surface area contributed by atoms with Crippen molar-refractivity contribution in [2.75, 3.05) is 43.4 Å². The molecule has 32 heavy (non-hydrogen) atoms. The minimum absolute atomic E-state index is 0.273. The summed E-state index contributed by atoms with van der Waals surface area (Å²) < 4.78 is 0. The molecule has 2 aromatic carbocycles. The van der Waals surface area contributed by atoms with Gasteiger partial charge in [-0.05, 0) is 86.4 Å². The third-order valence-electron chi connectivity index (χ3n) is 6.76. The van der Waals surface area contributed by atoms with Gasteiger partial charge in [-0.2, -0.15) is 0 Å². The van der Waals surface area contributed by atoms with Gasteiger partial charge in [-0.1, -0.05) is 24.3 Å². The van der Waals surface area contributed by atoms with Crippen LogP contribution in [-0.4, -0.2) is 48.2 Å². The molecule has 0 bridgehead atoms.